The minimum Gasteiger partial charge on any atom is -0.505 e. The highest BCUT2D eigenvalue weighted by Gasteiger charge is 2.30. The molecule has 0 aromatic carbocycles. The van der Waals surface area contributed by atoms with Gasteiger partial charge >= 0.3 is 0 Å². The molecule has 27 heavy (non-hydrogen) atoms. The van der Waals surface area contributed by atoms with Gasteiger partial charge in [-0.1, -0.05) is 0 Å². The molecule has 0 aliphatic carbocycles. The van der Waals surface area contributed by atoms with Crippen molar-refractivity contribution in [1.82, 2.24) is 34.2 Å². The van der Waals surface area contributed by atoms with Crippen LogP contribution in [-0.4, -0.2) is 58.3 Å². The monoisotopic (exact) mass is 367 g/mol. The number of aromatic hydroxyl groups is 1. The Morgan fingerprint density at radius 2 is 2.22 bits per heavy atom. The van der Waals surface area contributed by atoms with E-state index in [0.29, 0.717) is 19.6 Å². The molecule has 1 amide bonds. The Hall–Kier alpha value is -3.23. The van der Waals surface area contributed by atoms with E-state index in [1.54, 1.807) is 23.5 Å². The molecule has 1 saturated heterocycles. The molecule has 9 heteroatoms. The number of rotatable bonds is 4. The second-order valence-corrected chi connectivity index (χ2v) is 6.73. The zero-order valence-corrected chi connectivity index (χ0v) is 15.1. The first kappa shape index (κ1) is 17.2. The van der Waals surface area contributed by atoms with Crippen LogP contribution in [0.1, 0.15) is 40.9 Å². The van der Waals surface area contributed by atoms with E-state index in [0.717, 1.165) is 24.5 Å². The van der Waals surface area contributed by atoms with Crippen LogP contribution >= 0.6 is 0 Å². The van der Waals surface area contributed by atoms with Crippen molar-refractivity contribution in [3.8, 4) is 5.75 Å². The fourth-order valence-electron chi connectivity index (χ4n) is 3.50. The third-order valence-electron chi connectivity index (χ3n) is 4.94. The molecule has 0 radical (unpaired) electrons. The average molecular weight is 367 g/mol. The third kappa shape index (κ3) is 3.40. The summed E-state index contributed by atoms with van der Waals surface area (Å²) >= 11 is 0. The molecule has 1 fully saturated rings. The van der Waals surface area contributed by atoms with Gasteiger partial charge in [0.15, 0.2) is 11.5 Å². The Morgan fingerprint density at radius 3 is 3.00 bits per heavy atom. The molecule has 3 aromatic heterocycles. The molecular formula is C18H21N7O2. The van der Waals surface area contributed by atoms with Gasteiger partial charge in [-0.15, -0.1) is 10.2 Å². The predicted molar refractivity (Wildman–Crippen MR) is 96.1 cm³/mol. The average Bonchev–Trinajstić information content (AvgIpc) is 3.32. The lowest BCUT2D eigenvalue weighted by atomic mass is 9.96. The molecule has 140 valence electrons. The lowest BCUT2D eigenvalue weighted by molar-refractivity contribution is 0.0694. The SMILES string of the molecule is Cn1c(Cn2ccnc2)nnc1[C@@H]1CCCN(C(=O)c2ncccc2O)C1. The van der Waals surface area contributed by atoms with E-state index in [1.807, 2.05) is 22.4 Å². The Kier molecular flexibility index (Phi) is 4.57. The van der Waals surface area contributed by atoms with Gasteiger partial charge in [-0.25, -0.2) is 9.97 Å². The minimum absolute atomic E-state index is 0.0918. The van der Waals surface area contributed by atoms with Crippen molar-refractivity contribution in [1.29, 1.82) is 0 Å². The zero-order valence-electron chi connectivity index (χ0n) is 15.1. The van der Waals surface area contributed by atoms with Gasteiger partial charge < -0.3 is 19.1 Å². The summed E-state index contributed by atoms with van der Waals surface area (Å²) in [5.41, 5.74) is 0.0944. The molecule has 0 saturated carbocycles. The van der Waals surface area contributed by atoms with Gasteiger partial charge in [0.25, 0.3) is 5.91 Å². The van der Waals surface area contributed by atoms with Crippen molar-refractivity contribution >= 4 is 5.91 Å². The molecule has 4 rings (SSSR count). The van der Waals surface area contributed by atoms with Crippen LogP contribution in [0.15, 0.2) is 37.1 Å². The highest BCUT2D eigenvalue weighted by Crippen LogP contribution is 2.27. The van der Waals surface area contributed by atoms with Crippen LogP contribution < -0.4 is 0 Å². The second kappa shape index (κ2) is 7.18. The first-order valence-electron chi connectivity index (χ1n) is 8.90. The highest BCUT2D eigenvalue weighted by atomic mass is 16.3. The number of likely N-dealkylation sites (tertiary alicyclic amines) is 1. The number of nitrogens with zero attached hydrogens (tertiary/aromatic N) is 7. The standard InChI is InChI=1S/C18H21N7O2/c1-23-15(11-24-9-7-19-12-24)21-22-17(23)13-4-3-8-25(10-13)18(27)16-14(26)5-2-6-20-16/h2,5-7,9,12-13,26H,3-4,8,10-11H2,1H3/t13-/m1/s1. The lowest BCUT2D eigenvalue weighted by Gasteiger charge is -2.32. The number of pyridine rings is 1. The predicted octanol–water partition coefficient (Wildman–Crippen LogP) is 1.18. The zero-order chi connectivity index (χ0) is 18.8. The van der Waals surface area contributed by atoms with Crippen molar-refractivity contribution in [3.63, 3.8) is 0 Å². The highest BCUT2D eigenvalue weighted by molar-refractivity contribution is 5.94. The Morgan fingerprint density at radius 1 is 1.33 bits per heavy atom. The van der Waals surface area contributed by atoms with Crippen molar-refractivity contribution in [2.75, 3.05) is 13.1 Å². The third-order valence-corrected chi connectivity index (χ3v) is 4.94. The quantitative estimate of drug-likeness (QED) is 0.743. The number of imidazole rings is 1. The summed E-state index contributed by atoms with van der Waals surface area (Å²) in [6, 6.07) is 3.08. The number of hydrogen-bond donors (Lipinski definition) is 1. The topological polar surface area (TPSA) is 102 Å². The Labute approximate surface area is 156 Å². The van der Waals surface area contributed by atoms with Crippen LogP contribution in [0.2, 0.25) is 0 Å². The number of piperidine rings is 1. The van der Waals surface area contributed by atoms with E-state index >= 15 is 0 Å². The number of hydrogen-bond acceptors (Lipinski definition) is 6. The van der Waals surface area contributed by atoms with E-state index in [-0.39, 0.29) is 23.3 Å². The maximum absolute atomic E-state index is 12.7. The summed E-state index contributed by atoms with van der Waals surface area (Å²) in [6.45, 7) is 1.78. The van der Waals surface area contributed by atoms with E-state index < -0.39 is 0 Å². The summed E-state index contributed by atoms with van der Waals surface area (Å²) in [6.07, 6.45) is 8.68. The first-order valence-corrected chi connectivity index (χ1v) is 8.90. The maximum atomic E-state index is 12.7. The van der Waals surface area contributed by atoms with E-state index in [2.05, 4.69) is 20.2 Å². The Balaban J connectivity index is 1.51. The molecule has 9 nitrogen and oxygen atoms in total. The van der Waals surface area contributed by atoms with Crippen LogP contribution in [-0.2, 0) is 13.6 Å². The summed E-state index contributed by atoms with van der Waals surface area (Å²) in [5.74, 6) is 1.47. The van der Waals surface area contributed by atoms with Crippen LogP contribution in [0.3, 0.4) is 0 Å². The van der Waals surface area contributed by atoms with Gasteiger partial charge in [-0.2, -0.15) is 0 Å². The largest absolute Gasteiger partial charge is 0.505 e. The normalized spacial score (nSPS) is 17.2. The number of carbonyl (C=O) groups is 1. The van der Waals surface area contributed by atoms with Crippen molar-refractivity contribution in [3.05, 3.63) is 54.4 Å². The molecule has 1 N–H and O–H groups in total. The van der Waals surface area contributed by atoms with Gasteiger partial charge in [0.1, 0.15) is 11.6 Å². The fraction of sp³-hybridized carbons (Fsp3) is 0.389. The number of aromatic nitrogens is 6. The van der Waals surface area contributed by atoms with Gasteiger partial charge in [0.05, 0.1) is 12.9 Å². The molecule has 1 aliphatic heterocycles. The lowest BCUT2D eigenvalue weighted by Crippen LogP contribution is -2.40. The number of carbonyl (C=O) groups excluding carboxylic acids is 1. The van der Waals surface area contributed by atoms with E-state index in [9.17, 15) is 9.90 Å². The summed E-state index contributed by atoms with van der Waals surface area (Å²) < 4.78 is 3.94. The molecule has 1 aliphatic rings. The van der Waals surface area contributed by atoms with Crippen LogP contribution in [0.5, 0.6) is 5.75 Å². The first-order chi connectivity index (χ1) is 13.1. The minimum atomic E-state index is -0.251. The smallest absolute Gasteiger partial charge is 0.276 e. The van der Waals surface area contributed by atoms with Crippen molar-refractivity contribution < 1.29 is 9.90 Å². The van der Waals surface area contributed by atoms with E-state index in [4.69, 9.17) is 0 Å². The molecule has 0 bridgehead atoms. The number of amides is 1. The molecule has 3 aromatic rings. The van der Waals surface area contributed by atoms with Crippen molar-refractivity contribution in [2.24, 2.45) is 7.05 Å². The summed E-state index contributed by atoms with van der Waals surface area (Å²) in [4.78, 5) is 22.6. The van der Waals surface area contributed by atoms with Crippen molar-refractivity contribution in [2.45, 2.75) is 25.3 Å². The van der Waals surface area contributed by atoms with Gasteiger partial charge in [0.2, 0.25) is 0 Å². The molecule has 0 unspecified atom stereocenters. The van der Waals surface area contributed by atoms with Crippen LogP contribution in [0.4, 0.5) is 0 Å². The van der Waals surface area contributed by atoms with Gasteiger partial charge in [-0.3, -0.25) is 4.79 Å². The fourth-order valence-corrected chi connectivity index (χ4v) is 3.50. The van der Waals surface area contributed by atoms with Gasteiger partial charge in [0, 0.05) is 44.6 Å². The second-order valence-electron chi connectivity index (χ2n) is 6.73. The summed E-state index contributed by atoms with van der Waals surface area (Å²) in [5, 5.41) is 18.6. The molecular weight excluding hydrogens is 346 g/mol. The van der Waals surface area contributed by atoms with Crippen LogP contribution in [0, 0.1) is 0 Å². The van der Waals surface area contributed by atoms with E-state index in [1.165, 1.54) is 12.3 Å². The maximum Gasteiger partial charge on any atom is 0.276 e. The van der Waals surface area contributed by atoms with Gasteiger partial charge in [-0.05, 0) is 25.0 Å². The molecule has 1 atom stereocenters. The Bertz CT molecular complexity index is 935. The molecule has 4 heterocycles. The molecule has 0 spiro atoms. The van der Waals surface area contributed by atoms with Crippen LogP contribution in [0.25, 0.3) is 0 Å². The summed E-state index contributed by atoms with van der Waals surface area (Å²) in [7, 11) is 1.95.